The quantitative estimate of drug-likeness (QED) is 0.531. The van der Waals surface area contributed by atoms with Gasteiger partial charge in [-0.15, -0.1) is 0 Å². The summed E-state index contributed by atoms with van der Waals surface area (Å²) < 4.78 is 7.10. The Bertz CT molecular complexity index is 302. The molecule has 1 aromatic heterocycles. The number of aromatic nitrogens is 2. The van der Waals surface area contributed by atoms with Crippen molar-refractivity contribution in [2.24, 2.45) is 0 Å². The molecule has 0 aromatic carbocycles. The number of rotatable bonds is 8. The molecular weight excluding hydrogens is 236 g/mol. The average molecular weight is 256 g/mol. The van der Waals surface area contributed by atoms with Crippen LogP contribution in [0.3, 0.4) is 0 Å². The molecule has 0 saturated heterocycles. The van der Waals surface area contributed by atoms with Crippen LogP contribution in [0.15, 0.2) is 18.5 Å². The van der Waals surface area contributed by atoms with E-state index in [1.165, 1.54) is 0 Å². The normalized spacial score (nSPS) is 10.2. The van der Waals surface area contributed by atoms with Crippen molar-refractivity contribution in [3.63, 3.8) is 0 Å². The van der Waals surface area contributed by atoms with Crippen molar-refractivity contribution >= 4 is 17.3 Å². The van der Waals surface area contributed by atoms with Gasteiger partial charge in [0.2, 0.25) is 0 Å². The minimum Gasteiger partial charge on any atom is -0.382 e. The number of ether oxygens (including phenoxy) is 1. The van der Waals surface area contributed by atoms with Crippen LogP contribution in [0.25, 0.3) is 0 Å². The molecule has 0 spiro atoms. The molecule has 0 radical (unpaired) electrons. The van der Waals surface area contributed by atoms with Gasteiger partial charge in [0.15, 0.2) is 5.11 Å². The molecule has 2 N–H and O–H groups in total. The van der Waals surface area contributed by atoms with E-state index in [0.717, 1.165) is 39.3 Å². The van der Waals surface area contributed by atoms with Crippen LogP contribution >= 0.6 is 12.2 Å². The summed E-state index contributed by atoms with van der Waals surface area (Å²) in [6.45, 7) is 5.97. The third-order valence-electron chi connectivity index (χ3n) is 2.14. The first-order valence-corrected chi connectivity index (χ1v) is 6.30. The summed E-state index contributed by atoms with van der Waals surface area (Å²) in [5.74, 6) is 0. The summed E-state index contributed by atoms with van der Waals surface area (Å²) >= 11 is 5.13. The lowest BCUT2D eigenvalue weighted by molar-refractivity contribution is 0.145. The fourth-order valence-electron chi connectivity index (χ4n) is 1.30. The van der Waals surface area contributed by atoms with E-state index in [9.17, 15) is 0 Å². The third kappa shape index (κ3) is 6.91. The minimum atomic E-state index is 0.689. The van der Waals surface area contributed by atoms with E-state index in [1.807, 2.05) is 23.9 Å². The van der Waals surface area contributed by atoms with Gasteiger partial charge in [0.05, 0.1) is 6.54 Å². The zero-order valence-electron chi connectivity index (χ0n) is 10.2. The van der Waals surface area contributed by atoms with E-state index in [1.54, 1.807) is 6.20 Å². The highest BCUT2D eigenvalue weighted by Gasteiger charge is 1.95. The summed E-state index contributed by atoms with van der Waals surface area (Å²) in [7, 11) is 0. The number of nitrogens with one attached hydrogen (secondary N) is 2. The van der Waals surface area contributed by atoms with Crippen molar-refractivity contribution in [3.05, 3.63) is 18.5 Å². The van der Waals surface area contributed by atoms with Crippen LogP contribution in [0.1, 0.15) is 13.3 Å². The zero-order valence-corrected chi connectivity index (χ0v) is 11.0. The van der Waals surface area contributed by atoms with Crippen LogP contribution in [0.2, 0.25) is 0 Å². The first kappa shape index (κ1) is 13.9. The molecule has 0 fully saturated rings. The summed E-state index contributed by atoms with van der Waals surface area (Å²) in [5.41, 5.74) is 0. The fraction of sp³-hybridized carbons (Fsp3) is 0.636. The molecule has 0 bridgehead atoms. The van der Waals surface area contributed by atoms with Crippen molar-refractivity contribution in [2.75, 3.05) is 26.3 Å². The van der Waals surface area contributed by atoms with Crippen LogP contribution in [-0.4, -0.2) is 41.2 Å². The maximum Gasteiger partial charge on any atom is 0.166 e. The highest BCUT2D eigenvalue weighted by Crippen LogP contribution is 1.83. The Morgan fingerprint density at radius 1 is 1.41 bits per heavy atom. The molecule has 5 nitrogen and oxygen atoms in total. The van der Waals surface area contributed by atoms with E-state index in [2.05, 4.69) is 15.7 Å². The molecule has 0 saturated carbocycles. The maximum atomic E-state index is 5.23. The molecule has 1 heterocycles. The molecule has 1 aromatic rings. The van der Waals surface area contributed by atoms with E-state index in [-0.39, 0.29) is 0 Å². The molecule has 6 heteroatoms. The fourth-order valence-corrected chi connectivity index (χ4v) is 1.50. The molecule has 0 aliphatic carbocycles. The van der Waals surface area contributed by atoms with Gasteiger partial charge in [-0.05, 0) is 31.6 Å². The molecule has 17 heavy (non-hydrogen) atoms. The van der Waals surface area contributed by atoms with Gasteiger partial charge in [-0.1, -0.05) is 0 Å². The first-order valence-electron chi connectivity index (χ1n) is 5.89. The Morgan fingerprint density at radius 3 is 2.94 bits per heavy atom. The average Bonchev–Trinajstić information content (AvgIpc) is 2.82. The second kappa shape index (κ2) is 8.95. The molecule has 0 aliphatic rings. The summed E-state index contributed by atoms with van der Waals surface area (Å²) in [6, 6.07) is 1.91. The van der Waals surface area contributed by atoms with Gasteiger partial charge >= 0.3 is 0 Å². The van der Waals surface area contributed by atoms with Gasteiger partial charge in [-0.2, -0.15) is 5.10 Å². The van der Waals surface area contributed by atoms with Crippen LogP contribution in [0.4, 0.5) is 0 Å². The Balaban J connectivity index is 1.94. The number of nitrogens with zero attached hydrogens (tertiary/aromatic N) is 2. The standard InChI is InChI=1S/C11H20N4OS/c1-2-16-10-4-5-12-11(17)13-7-9-15-8-3-6-14-15/h3,6,8H,2,4-5,7,9-10H2,1H3,(H2,12,13,17). The van der Waals surface area contributed by atoms with E-state index in [0.29, 0.717) is 5.11 Å². The van der Waals surface area contributed by atoms with Gasteiger partial charge < -0.3 is 15.4 Å². The maximum absolute atomic E-state index is 5.23. The molecule has 0 amide bonds. The van der Waals surface area contributed by atoms with Gasteiger partial charge in [0.25, 0.3) is 0 Å². The summed E-state index contributed by atoms with van der Waals surface area (Å²) in [5, 5.41) is 11.1. The zero-order chi connectivity index (χ0) is 12.3. The lowest BCUT2D eigenvalue weighted by Crippen LogP contribution is -2.37. The highest BCUT2D eigenvalue weighted by atomic mass is 32.1. The number of hydrogen-bond acceptors (Lipinski definition) is 3. The Labute approximate surface area is 108 Å². The largest absolute Gasteiger partial charge is 0.382 e. The van der Waals surface area contributed by atoms with Gasteiger partial charge in [-0.3, -0.25) is 4.68 Å². The van der Waals surface area contributed by atoms with E-state index >= 15 is 0 Å². The number of thiocarbonyl (C=S) groups is 1. The predicted molar refractivity (Wildman–Crippen MR) is 71.9 cm³/mol. The Kier molecular flexibility index (Phi) is 7.33. The van der Waals surface area contributed by atoms with Crippen molar-refractivity contribution < 1.29 is 4.74 Å². The summed E-state index contributed by atoms with van der Waals surface area (Å²) in [6.07, 6.45) is 4.67. The van der Waals surface area contributed by atoms with Crippen molar-refractivity contribution in [3.8, 4) is 0 Å². The highest BCUT2D eigenvalue weighted by molar-refractivity contribution is 7.80. The van der Waals surface area contributed by atoms with Gasteiger partial charge in [-0.25, -0.2) is 0 Å². The van der Waals surface area contributed by atoms with Crippen LogP contribution in [0, 0.1) is 0 Å². The van der Waals surface area contributed by atoms with Crippen LogP contribution in [0.5, 0.6) is 0 Å². The molecule has 0 aliphatic heterocycles. The lowest BCUT2D eigenvalue weighted by atomic mass is 10.4. The Morgan fingerprint density at radius 2 is 2.24 bits per heavy atom. The van der Waals surface area contributed by atoms with Crippen molar-refractivity contribution in [2.45, 2.75) is 19.9 Å². The van der Waals surface area contributed by atoms with Gasteiger partial charge in [0.1, 0.15) is 0 Å². The van der Waals surface area contributed by atoms with Crippen molar-refractivity contribution in [1.82, 2.24) is 20.4 Å². The lowest BCUT2D eigenvalue weighted by Gasteiger charge is -2.10. The smallest absolute Gasteiger partial charge is 0.166 e. The molecular formula is C11H20N4OS. The predicted octanol–water partition coefficient (Wildman–Crippen LogP) is 0.774. The van der Waals surface area contributed by atoms with Gasteiger partial charge in [0, 0.05) is 38.7 Å². The first-order chi connectivity index (χ1) is 8.33. The monoisotopic (exact) mass is 256 g/mol. The second-order valence-corrected chi connectivity index (χ2v) is 3.91. The third-order valence-corrected chi connectivity index (χ3v) is 2.43. The van der Waals surface area contributed by atoms with Crippen LogP contribution < -0.4 is 10.6 Å². The number of hydrogen-bond donors (Lipinski definition) is 2. The van der Waals surface area contributed by atoms with E-state index < -0.39 is 0 Å². The van der Waals surface area contributed by atoms with E-state index in [4.69, 9.17) is 17.0 Å². The molecule has 0 unspecified atom stereocenters. The Hall–Kier alpha value is -1.14. The van der Waals surface area contributed by atoms with Crippen LogP contribution in [-0.2, 0) is 11.3 Å². The minimum absolute atomic E-state index is 0.689. The second-order valence-electron chi connectivity index (χ2n) is 3.50. The molecule has 1 rings (SSSR count). The summed E-state index contributed by atoms with van der Waals surface area (Å²) in [4.78, 5) is 0. The topological polar surface area (TPSA) is 51.1 Å². The molecule has 96 valence electrons. The molecule has 0 atom stereocenters. The van der Waals surface area contributed by atoms with Crippen molar-refractivity contribution in [1.29, 1.82) is 0 Å². The SMILES string of the molecule is CCOCCCNC(=S)NCCn1cccn1.